The van der Waals surface area contributed by atoms with Gasteiger partial charge in [-0.3, -0.25) is 9.36 Å². The normalized spacial score (nSPS) is 14.8. The van der Waals surface area contributed by atoms with E-state index in [2.05, 4.69) is 9.98 Å². The molecule has 8 nitrogen and oxygen atoms in total. The highest BCUT2D eigenvalue weighted by atomic mass is 32.2. The Morgan fingerprint density at radius 1 is 1.17 bits per heavy atom. The summed E-state index contributed by atoms with van der Waals surface area (Å²) < 4.78 is 53.0. The number of thioether (sulfide) groups is 1. The summed E-state index contributed by atoms with van der Waals surface area (Å²) in [5.74, 6) is 0.0752. The van der Waals surface area contributed by atoms with Crippen LogP contribution in [-0.2, 0) is 21.5 Å². The number of allylic oxidation sites excluding steroid dienone is 1. The Bertz CT molecular complexity index is 2080. The zero-order valence-electron chi connectivity index (χ0n) is 25.1. The predicted molar refractivity (Wildman–Crippen MR) is 168 cm³/mol. The van der Waals surface area contributed by atoms with Crippen molar-refractivity contribution < 1.29 is 27.4 Å². The van der Waals surface area contributed by atoms with E-state index >= 15 is 0 Å². The highest BCUT2D eigenvalue weighted by Gasteiger charge is 2.35. The van der Waals surface area contributed by atoms with E-state index < -0.39 is 23.9 Å². The van der Waals surface area contributed by atoms with Crippen LogP contribution in [0.5, 0.6) is 5.75 Å². The Hall–Kier alpha value is -4.67. The maximum absolute atomic E-state index is 13.9. The summed E-state index contributed by atoms with van der Waals surface area (Å²) in [6, 6.07) is 16.5. The van der Waals surface area contributed by atoms with Crippen molar-refractivity contribution in [2.24, 2.45) is 4.99 Å². The molecule has 0 aliphatic carbocycles. The molecule has 1 aliphatic heterocycles. The Kier molecular flexibility index (Phi) is 9.50. The smallest absolute Gasteiger partial charge is 0.433 e. The third kappa shape index (κ3) is 6.49. The monoisotopic (exact) mass is 664 g/mol. The fourth-order valence-corrected chi connectivity index (χ4v) is 7.15. The molecule has 13 heteroatoms. The number of aromatic nitrogens is 2. The van der Waals surface area contributed by atoms with Gasteiger partial charge >= 0.3 is 12.1 Å². The number of benzene rings is 2. The number of nitrogens with zero attached hydrogens (tertiary/aromatic N) is 4. The van der Waals surface area contributed by atoms with E-state index in [0.29, 0.717) is 31.9 Å². The molecular formula is C33H27F3N4O4S2. The van der Waals surface area contributed by atoms with Gasteiger partial charge in [0.05, 0.1) is 41.1 Å². The van der Waals surface area contributed by atoms with Crippen LogP contribution in [0.25, 0.3) is 6.08 Å². The molecule has 1 unspecified atom stereocenters. The van der Waals surface area contributed by atoms with Gasteiger partial charge in [-0.1, -0.05) is 47.7 Å². The van der Waals surface area contributed by atoms with Crippen LogP contribution in [0, 0.1) is 18.3 Å². The van der Waals surface area contributed by atoms with Gasteiger partial charge in [-0.25, -0.2) is 14.8 Å². The van der Waals surface area contributed by atoms with Crippen LogP contribution in [0.4, 0.5) is 13.2 Å². The van der Waals surface area contributed by atoms with Gasteiger partial charge in [0.25, 0.3) is 5.56 Å². The minimum absolute atomic E-state index is 0.0377. The average molecular weight is 665 g/mol. The summed E-state index contributed by atoms with van der Waals surface area (Å²) >= 11 is 2.16. The molecule has 1 atom stereocenters. The Morgan fingerprint density at radius 2 is 1.91 bits per heavy atom. The first-order chi connectivity index (χ1) is 22.0. The minimum atomic E-state index is -4.66. The van der Waals surface area contributed by atoms with E-state index in [4.69, 9.17) is 9.47 Å². The Balaban J connectivity index is 1.56. The molecule has 3 heterocycles. The van der Waals surface area contributed by atoms with Crippen LogP contribution in [0.2, 0.25) is 0 Å². The number of fused-ring (bicyclic) bond motifs is 1. The topological polar surface area (TPSA) is 107 Å². The summed E-state index contributed by atoms with van der Waals surface area (Å²) in [5.41, 5.74) is 1.55. The number of carbonyl (C=O) groups excluding carboxylic acids is 1. The first kappa shape index (κ1) is 32.7. The minimum Gasteiger partial charge on any atom is -0.496 e. The van der Waals surface area contributed by atoms with Gasteiger partial charge in [-0.15, -0.1) is 11.8 Å². The second kappa shape index (κ2) is 13.4. The van der Waals surface area contributed by atoms with Crippen LogP contribution < -0.4 is 19.6 Å². The number of esters is 1. The number of halogens is 3. The molecule has 4 aromatic rings. The third-order valence-corrected chi connectivity index (χ3v) is 9.19. The molecule has 2 aromatic heterocycles. The Morgan fingerprint density at radius 3 is 2.57 bits per heavy atom. The van der Waals surface area contributed by atoms with Gasteiger partial charge in [0.1, 0.15) is 22.5 Å². The molecule has 0 bridgehead atoms. The molecule has 2 aromatic carbocycles. The molecular weight excluding hydrogens is 638 g/mol. The van der Waals surface area contributed by atoms with Gasteiger partial charge in [-0.2, -0.15) is 18.4 Å². The number of hydrogen-bond donors (Lipinski definition) is 0. The second-order valence-corrected chi connectivity index (χ2v) is 12.2. The lowest BCUT2D eigenvalue weighted by Crippen LogP contribution is -2.39. The predicted octanol–water partition coefficient (Wildman–Crippen LogP) is 5.69. The first-order valence-corrected chi connectivity index (χ1v) is 15.8. The highest BCUT2D eigenvalue weighted by molar-refractivity contribution is 7.98. The number of pyridine rings is 1. The first-order valence-electron chi connectivity index (χ1n) is 14.0. The van der Waals surface area contributed by atoms with Crippen molar-refractivity contribution in [3.05, 3.63) is 119 Å². The summed E-state index contributed by atoms with van der Waals surface area (Å²) in [5, 5.41) is 9.56. The molecule has 1 aliphatic rings. The zero-order valence-corrected chi connectivity index (χ0v) is 26.8. The lowest BCUT2D eigenvalue weighted by molar-refractivity contribution is -0.141. The Labute approximate surface area is 270 Å². The zero-order chi connectivity index (χ0) is 33.2. The molecule has 0 amide bonds. The van der Waals surface area contributed by atoms with Crippen LogP contribution >= 0.6 is 23.1 Å². The summed E-state index contributed by atoms with van der Waals surface area (Å²) in [6.45, 7) is 5.03. The number of aryl methyl sites for hydroxylation is 1. The third-order valence-electron chi connectivity index (χ3n) is 7.18. The fraction of sp³-hybridized carbons (Fsp3) is 0.242. The van der Waals surface area contributed by atoms with E-state index in [1.807, 2.05) is 36.4 Å². The molecule has 0 saturated carbocycles. The number of carbonyl (C=O) groups is 1. The van der Waals surface area contributed by atoms with Crippen LogP contribution in [-0.4, -0.2) is 29.2 Å². The lowest BCUT2D eigenvalue weighted by atomic mass is 9.96. The highest BCUT2D eigenvalue weighted by Crippen LogP contribution is 2.35. The standard InChI is InChI=1S/C33H27F3N4O4S2/c1-5-44-31(42)27-19(3)38-32-40(28(27)21-9-7-6-8-10-21)30(41)25(46-32)15-20-11-12-24(43-4)22(14-20)17-45-29-23(16-37)18(2)13-26(39-29)33(34,35)36/h6-15,28H,5,17H2,1-4H3. The maximum Gasteiger partial charge on any atom is 0.433 e. The summed E-state index contributed by atoms with van der Waals surface area (Å²) in [6.07, 6.45) is -2.97. The van der Waals surface area contributed by atoms with E-state index in [0.717, 1.165) is 23.4 Å². The molecule has 0 N–H and O–H groups in total. The SMILES string of the molecule is CCOC(=O)C1=C(C)N=c2sc(=Cc3ccc(OC)c(CSc4nc(C(F)(F)F)cc(C)c4C#N)c3)c(=O)n2C1c1ccccc1. The van der Waals surface area contributed by atoms with Crippen molar-refractivity contribution >= 4 is 35.1 Å². The van der Waals surface area contributed by atoms with E-state index in [1.54, 1.807) is 38.1 Å². The van der Waals surface area contributed by atoms with Crippen LogP contribution in [0.1, 0.15) is 53.4 Å². The molecule has 0 saturated heterocycles. The van der Waals surface area contributed by atoms with E-state index in [1.165, 1.54) is 29.9 Å². The number of ether oxygens (including phenoxy) is 2. The van der Waals surface area contributed by atoms with Gasteiger partial charge in [0, 0.05) is 11.3 Å². The molecule has 0 fully saturated rings. The second-order valence-electron chi connectivity index (χ2n) is 10.2. The molecule has 46 heavy (non-hydrogen) atoms. The molecule has 236 valence electrons. The maximum atomic E-state index is 13.9. The van der Waals surface area contributed by atoms with Crippen molar-refractivity contribution in [1.29, 1.82) is 5.26 Å². The van der Waals surface area contributed by atoms with Crippen molar-refractivity contribution in [2.45, 2.75) is 43.8 Å². The van der Waals surface area contributed by atoms with E-state index in [-0.39, 0.29) is 39.6 Å². The largest absolute Gasteiger partial charge is 0.496 e. The summed E-state index contributed by atoms with van der Waals surface area (Å²) in [4.78, 5) is 35.7. The van der Waals surface area contributed by atoms with Gasteiger partial charge in [0.15, 0.2) is 4.80 Å². The van der Waals surface area contributed by atoms with Gasteiger partial charge < -0.3 is 9.47 Å². The molecule has 5 rings (SSSR count). The van der Waals surface area contributed by atoms with Crippen molar-refractivity contribution in [3.63, 3.8) is 0 Å². The quantitative estimate of drug-likeness (QED) is 0.176. The number of rotatable bonds is 8. The number of methoxy groups -OCH3 is 1. The van der Waals surface area contributed by atoms with Crippen molar-refractivity contribution in [3.8, 4) is 11.8 Å². The molecule has 0 spiro atoms. The molecule has 0 radical (unpaired) electrons. The average Bonchev–Trinajstić information content (AvgIpc) is 3.32. The number of nitriles is 1. The number of hydrogen-bond acceptors (Lipinski definition) is 9. The van der Waals surface area contributed by atoms with Crippen molar-refractivity contribution in [1.82, 2.24) is 9.55 Å². The number of alkyl halides is 3. The number of thiazole rings is 1. The van der Waals surface area contributed by atoms with Crippen LogP contribution in [0.15, 0.2) is 80.7 Å². The van der Waals surface area contributed by atoms with E-state index in [9.17, 15) is 28.0 Å². The lowest BCUT2D eigenvalue weighted by Gasteiger charge is -2.24. The van der Waals surface area contributed by atoms with Crippen molar-refractivity contribution in [2.75, 3.05) is 13.7 Å². The fourth-order valence-electron chi connectivity index (χ4n) is 5.07. The van der Waals surface area contributed by atoms with Gasteiger partial charge in [-0.05, 0) is 61.7 Å². The summed E-state index contributed by atoms with van der Waals surface area (Å²) in [7, 11) is 1.47. The van der Waals surface area contributed by atoms with Crippen LogP contribution in [0.3, 0.4) is 0 Å². The van der Waals surface area contributed by atoms with Gasteiger partial charge in [0.2, 0.25) is 0 Å².